The summed E-state index contributed by atoms with van der Waals surface area (Å²) >= 11 is 0. The van der Waals surface area contributed by atoms with E-state index in [1.807, 2.05) is 30.1 Å². The van der Waals surface area contributed by atoms with Crippen molar-refractivity contribution in [1.29, 1.82) is 0 Å². The van der Waals surface area contributed by atoms with E-state index in [2.05, 4.69) is 19.8 Å². The van der Waals surface area contributed by atoms with E-state index < -0.39 is 6.36 Å². The fraction of sp³-hybridized carbons (Fsp3) is 0.105. The molecule has 1 aromatic carbocycles. The van der Waals surface area contributed by atoms with Crippen LogP contribution in [0.25, 0.3) is 16.8 Å². The Morgan fingerprint density at radius 2 is 1.71 bits per heavy atom. The number of alkyl halides is 3. The molecule has 0 atom stereocenters. The third-order valence-electron chi connectivity index (χ3n) is 4.15. The molecular weight excluding hydrogens is 371 g/mol. The lowest BCUT2D eigenvalue weighted by molar-refractivity contribution is -0.274. The van der Waals surface area contributed by atoms with Gasteiger partial charge in [0.2, 0.25) is 0 Å². The van der Waals surface area contributed by atoms with Crippen LogP contribution in [0.15, 0.2) is 67.3 Å². The zero-order valence-electron chi connectivity index (χ0n) is 14.6. The number of halogens is 3. The van der Waals surface area contributed by atoms with Crippen molar-refractivity contribution in [2.75, 3.05) is 11.9 Å². The second-order valence-corrected chi connectivity index (χ2v) is 5.95. The lowest BCUT2D eigenvalue weighted by Crippen LogP contribution is -2.16. The van der Waals surface area contributed by atoms with Gasteiger partial charge < -0.3 is 9.64 Å². The molecule has 0 amide bonds. The fourth-order valence-electron chi connectivity index (χ4n) is 2.79. The maximum absolute atomic E-state index is 12.3. The van der Waals surface area contributed by atoms with Crippen molar-refractivity contribution in [2.24, 2.45) is 0 Å². The molecule has 3 heterocycles. The predicted octanol–water partition coefficient (Wildman–Crippen LogP) is 4.46. The van der Waals surface area contributed by atoms with Crippen LogP contribution in [0.1, 0.15) is 0 Å². The van der Waals surface area contributed by atoms with Crippen LogP contribution in [0.2, 0.25) is 0 Å². The van der Waals surface area contributed by atoms with Crippen molar-refractivity contribution in [3.8, 4) is 16.9 Å². The minimum atomic E-state index is -4.72. The summed E-state index contributed by atoms with van der Waals surface area (Å²) in [6.45, 7) is 0. The topological polar surface area (TPSA) is 55.6 Å². The van der Waals surface area contributed by atoms with E-state index >= 15 is 0 Å². The average molecular weight is 385 g/mol. The first-order valence-corrected chi connectivity index (χ1v) is 8.25. The Morgan fingerprint density at radius 1 is 1.00 bits per heavy atom. The van der Waals surface area contributed by atoms with Crippen LogP contribution in [0, 0.1) is 0 Å². The van der Waals surface area contributed by atoms with Gasteiger partial charge in [-0.05, 0) is 35.9 Å². The zero-order chi connectivity index (χ0) is 19.7. The molecule has 3 aromatic heterocycles. The maximum Gasteiger partial charge on any atom is 0.573 e. The van der Waals surface area contributed by atoms with Gasteiger partial charge in [0.25, 0.3) is 0 Å². The number of anilines is 2. The molecular formula is C19H14F3N5O. The molecule has 9 heteroatoms. The van der Waals surface area contributed by atoms with E-state index in [0.29, 0.717) is 22.6 Å². The van der Waals surface area contributed by atoms with E-state index in [0.717, 1.165) is 5.69 Å². The van der Waals surface area contributed by atoms with Crippen molar-refractivity contribution in [3.05, 3.63) is 67.3 Å². The van der Waals surface area contributed by atoms with Crippen LogP contribution in [-0.4, -0.2) is 33.0 Å². The Bertz CT molecular complexity index is 1090. The number of benzene rings is 1. The molecule has 6 nitrogen and oxygen atoms in total. The lowest BCUT2D eigenvalue weighted by Gasteiger charge is -2.18. The molecule has 0 unspecified atom stereocenters. The van der Waals surface area contributed by atoms with Crippen LogP contribution in [0.4, 0.5) is 24.7 Å². The summed E-state index contributed by atoms with van der Waals surface area (Å²) in [5, 5.41) is 4.26. The first kappa shape index (κ1) is 17.8. The average Bonchev–Trinajstić information content (AvgIpc) is 3.11. The molecule has 0 aliphatic heterocycles. The molecule has 0 radical (unpaired) electrons. The summed E-state index contributed by atoms with van der Waals surface area (Å²) in [5.41, 5.74) is 2.88. The molecule has 142 valence electrons. The van der Waals surface area contributed by atoms with Gasteiger partial charge in [-0.3, -0.25) is 4.98 Å². The Hall–Kier alpha value is -3.62. The summed E-state index contributed by atoms with van der Waals surface area (Å²) in [6.07, 6.45) is 2.07. The number of nitrogens with zero attached hydrogens (tertiary/aromatic N) is 5. The van der Waals surface area contributed by atoms with E-state index in [1.165, 1.54) is 12.1 Å². The van der Waals surface area contributed by atoms with Gasteiger partial charge in [0.1, 0.15) is 11.6 Å². The summed E-state index contributed by atoms with van der Waals surface area (Å²) < 4.78 is 42.5. The first-order valence-electron chi connectivity index (χ1n) is 8.25. The number of ether oxygens (including phenoxy) is 1. The fourth-order valence-corrected chi connectivity index (χ4v) is 2.79. The van der Waals surface area contributed by atoms with Gasteiger partial charge in [0.15, 0.2) is 5.65 Å². The van der Waals surface area contributed by atoms with Crippen LogP contribution >= 0.6 is 0 Å². The monoisotopic (exact) mass is 385 g/mol. The number of aromatic nitrogens is 4. The smallest absolute Gasteiger partial charge is 0.406 e. The second-order valence-electron chi connectivity index (χ2n) is 5.95. The number of hydrogen-bond acceptors (Lipinski definition) is 5. The van der Waals surface area contributed by atoms with Gasteiger partial charge in [0, 0.05) is 36.9 Å². The first-order chi connectivity index (χ1) is 13.4. The van der Waals surface area contributed by atoms with E-state index in [-0.39, 0.29) is 5.75 Å². The molecule has 0 spiro atoms. The molecule has 0 saturated heterocycles. The van der Waals surface area contributed by atoms with Gasteiger partial charge in [-0.25, -0.2) is 9.50 Å². The van der Waals surface area contributed by atoms with Crippen molar-refractivity contribution < 1.29 is 17.9 Å². The van der Waals surface area contributed by atoms with Gasteiger partial charge in [-0.15, -0.1) is 13.2 Å². The van der Waals surface area contributed by atoms with Crippen LogP contribution in [-0.2, 0) is 0 Å². The largest absolute Gasteiger partial charge is 0.573 e. The van der Waals surface area contributed by atoms with Gasteiger partial charge in [-0.2, -0.15) is 5.10 Å². The molecule has 0 aliphatic rings. The molecule has 0 N–H and O–H groups in total. The second kappa shape index (κ2) is 6.84. The van der Waals surface area contributed by atoms with E-state index in [9.17, 15) is 13.2 Å². The third-order valence-corrected chi connectivity index (χ3v) is 4.15. The SMILES string of the molecule is CN(c1ccncc1)c1ccn2ncc(-c3ccc(OC(F)(F)F)cc3)c2n1. The van der Waals surface area contributed by atoms with Crippen molar-refractivity contribution in [1.82, 2.24) is 19.6 Å². The highest BCUT2D eigenvalue weighted by Crippen LogP contribution is 2.29. The molecule has 28 heavy (non-hydrogen) atoms. The van der Waals surface area contributed by atoms with Gasteiger partial charge >= 0.3 is 6.36 Å². The van der Waals surface area contributed by atoms with Crippen LogP contribution in [0.5, 0.6) is 5.75 Å². The highest BCUT2D eigenvalue weighted by molar-refractivity contribution is 5.78. The zero-order valence-corrected chi connectivity index (χ0v) is 14.6. The van der Waals surface area contributed by atoms with Crippen LogP contribution < -0.4 is 9.64 Å². The Labute approximate surface area is 157 Å². The number of pyridine rings is 1. The lowest BCUT2D eigenvalue weighted by atomic mass is 10.1. The molecule has 0 saturated carbocycles. The van der Waals surface area contributed by atoms with Crippen molar-refractivity contribution in [2.45, 2.75) is 6.36 Å². The van der Waals surface area contributed by atoms with Gasteiger partial charge in [-0.1, -0.05) is 12.1 Å². The quantitative estimate of drug-likeness (QED) is 0.519. The Morgan fingerprint density at radius 3 is 2.39 bits per heavy atom. The third kappa shape index (κ3) is 3.59. The number of rotatable bonds is 4. The Balaban J connectivity index is 1.69. The normalized spacial score (nSPS) is 11.6. The number of hydrogen-bond donors (Lipinski definition) is 0. The summed E-state index contributed by atoms with van der Waals surface area (Å²) in [6, 6.07) is 11.2. The highest BCUT2D eigenvalue weighted by atomic mass is 19.4. The summed E-state index contributed by atoms with van der Waals surface area (Å²) in [7, 11) is 1.88. The molecule has 4 rings (SSSR count). The Kier molecular flexibility index (Phi) is 4.34. The number of fused-ring (bicyclic) bond motifs is 1. The molecule has 0 aliphatic carbocycles. The molecule has 0 fully saturated rings. The van der Waals surface area contributed by atoms with E-state index in [1.54, 1.807) is 41.4 Å². The summed E-state index contributed by atoms with van der Waals surface area (Å²) in [5.74, 6) is 0.413. The van der Waals surface area contributed by atoms with Crippen molar-refractivity contribution >= 4 is 17.2 Å². The van der Waals surface area contributed by atoms with Gasteiger partial charge in [0.05, 0.1) is 6.20 Å². The molecule has 4 aromatic rings. The van der Waals surface area contributed by atoms with E-state index in [4.69, 9.17) is 0 Å². The minimum Gasteiger partial charge on any atom is -0.406 e. The summed E-state index contributed by atoms with van der Waals surface area (Å²) in [4.78, 5) is 10.6. The predicted molar refractivity (Wildman–Crippen MR) is 97.4 cm³/mol. The van der Waals surface area contributed by atoms with Crippen LogP contribution in [0.3, 0.4) is 0 Å². The molecule has 0 bridgehead atoms. The van der Waals surface area contributed by atoms with Crippen molar-refractivity contribution in [3.63, 3.8) is 0 Å². The maximum atomic E-state index is 12.3. The minimum absolute atomic E-state index is 0.279. The highest BCUT2D eigenvalue weighted by Gasteiger charge is 2.31. The standard InChI is InChI=1S/C19H14F3N5O/c1-26(14-6-9-23-10-7-14)17-8-11-27-18(25-17)16(12-24-27)13-2-4-15(5-3-13)28-19(20,21)22/h2-12H,1H3.